The van der Waals surface area contributed by atoms with Gasteiger partial charge >= 0.3 is 11.9 Å². The molecule has 0 radical (unpaired) electrons. The van der Waals surface area contributed by atoms with Crippen molar-refractivity contribution in [1.82, 2.24) is 21.4 Å². The molecule has 0 rings (SSSR count). The molecule has 0 bridgehead atoms. The minimum Gasteiger partial charge on any atom is -0.480 e. The van der Waals surface area contributed by atoms with E-state index in [-0.39, 0.29) is 38.9 Å². The number of carbonyl (C=O) groups is 4. The molecule has 15 heteroatoms. The zero-order valence-corrected chi connectivity index (χ0v) is 17.4. The van der Waals surface area contributed by atoms with Crippen LogP contribution in [-0.2, 0) is 19.2 Å². The van der Waals surface area contributed by atoms with E-state index in [9.17, 15) is 34.5 Å². The van der Waals surface area contributed by atoms with Crippen LogP contribution in [0.5, 0.6) is 0 Å². The summed E-state index contributed by atoms with van der Waals surface area (Å²) in [7, 11) is 0. The quantitative estimate of drug-likeness (QED) is 0.0512. The molecule has 0 unspecified atom stereocenters. The second kappa shape index (κ2) is 16.3. The highest BCUT2D eigenvalue weighted by atomic mass is 16.4. The van der Waals surface area contributed by atoms with Crippen LogP contribution in [0.4, 0.5) is 0 Å². The lowest BCUT2D eigenvalue weighted by atomic mass is 10.0. The van der Waals surface area contributed by atoms with E-state index in [4.69, 9.17) is 21.2 Å². The molecule has 5 atom stereocenters. The SMILES string of the molecule is NNCCC[C@H](NC(=O)CCNC(=O)CCNC[C@H](O)[C@@H](O)[C@H](O)[C@@H](O)C(=O)O)C(=O)O. The molecule has 0 aromatic heterocycles. The Kier molecular flexibility index (Phi) is 15.0. The van der Waals surface area contributed by atoms with Crippen molar-refractivity contribution in [1.29, 1.82) is 0 Å². The van der Waals surface area contributed by atoms with Crippen LogP contribution in [0.1, 0.15) is 25.7 Å². The van der Waals surface area contributed by atoms with Crippen LogP contribution in [0.25, 0.3) is 0 Å². The smallest absolute Gasteiger partial charge is 0.335 e. The highest BCUT2D eigenvalue weighted by molar-refractivity contribution is 5.84. The van der Waals surface area contributed by atoms with Gasteiger partial charge in [-0.1, -0.05) is 0 Å². The Bertz CT molecular complexity index is 608. The largest absolute Gasteiger partial charge is 0.480 e. The first-order valence-corrected chi connectivity index (χ1v) is 9.89. The van der Waals surface area contributed by atoms with Gasteiger partial charge in [0.2, 0.25) is 11.8 Å². The zero-order valence-electron chi connectivity index (χ0n) is 17.4. The van der Waals surface area contributed by atoms with Crippen LogP contribution in [0.2, 0.25) is 0 Å². The number of amides is 2. The van der Waals surface area contributed by atoms with E-state index in [1.165, 1.54) is 0 Å². The molecule has 0 spiro atoms. The second-order valence-electron chi connectivity index (χ2n) is 6.94. The van der Waals surface area contributed by atoms with Crippen molar-refractivity contribution in [3.8, 4) is 0 Å². The fourth-order valence-corrected chi connectivity index (χ4v) is 2.47. The number of hydrazine groups is 1. The van der Waals surface area contributed by atoms with Crippen LogP contribution < -0.4 is 27.2 Å². The summed E-state index contributed by atoms with van der Waals surface area (Å²) in [6.45, 7) is 0.124. The van der Waals surface area contributed by atoms with Crippen molar-refractivity contribution in [3.63, 3.8) is 0 Å². The van der Waals surface area contributed by atoms with Crippen molar-refractivity contribution in [2.24, 2.45) is 5.84 Å². The lowest BCUT2D eigenvalue weighted by Crippen LogP contribution is -2.50. The number of carboxylic acid groups (broad SMARTS) is 2. The minimum atomic E-state index is -2.27. The van der Waals surface area contributed by atoms with E-state index in [0.717, 1.165) is 0 Å². The maximum atomic E-state index is 11.8. The zero-order chi connectivity index (χ0) is 24.7. The van der Waals surface area contributed by atoms with Gasteiger partial charge in [-0.25, -0.2) is 9.59 Å². The number of hydrogen-bond acceptors (Lipinski definition) is 11. The summed E-state index contributed by atoms with van der Waals surface area (Å²) in [5, 5.41) is 63.0. The van der Waals surface area contributed by atoms with Gasteiger partial charge in [0, 0.05) is 39.0 Å². The number of aliphatic hydroxyl groups is 4. The van der Waals surface area contributed by atoms with E-state index in [0.29, 0.717) is 13.0 Å². The molecular formula is C17H33N5O10. The van der Waals surface area contributed by atoms with E-state index < -0.39 is 54.2 Å². The van der Waals surface area contributed by atoms with Gasteiger partial charge in [0.15, 0.2) is 6.10 Å². The van der Waals surface area contributed by atoms with E-state index in [1.807, 2.05) is 0 Å². The van der Waals surface area contributed by atoms with E-state index in [2.05, 4.69) is 21.4 Å². The molecule has 0 aliphatic carbocycles. The van der Waals surface area contributed by atoms with Crippen molar-refractivity contribution >= 4 is 23.8 Å². The average molecular weight is 467 g/mol. The summed E-state index contributed by atoms with van der Waals surface area (Å²) in [4.78, 5) is 45.2. The average Bonchev–Trinajstić information content (AvgIpc) is 2.74. The number of carboxylic acids is 2. The van der Waals surface area contributed by atoms with E-state index >= 15 is 0 Å². The third kappa shape index (κ3) is 12.5. The molecule has 0 aliphatic heterocycles. The minimum absolute atomic E-state index is 0.0258. The number of aliphatic hydroxyl groups excluding tert-OH is 4. The van der Waals surface area contributed by atoms with Crippen LogP contribution in [0, 0.1) is 0 Å². The molecule has 0 saturated carbocycles. The van der Waals surface area contributed by atoms with Gasteiger partial charge in [0.25, 0.3) is 0 Å². The third-order valence-corrected chi connectivity index (χ3v) is 4.32. The van der Waals surface area contributed by atoms with Gasteiger partial charge in [0.05, 0.1) is 6.10 Å². The number of nitrogens with one attached hydrogen (secondary N) is 4. The summed E-state index contributed by atoms with van der Waals surface area (Å²) < 4.78 is 0. The normalized spacial score (nSPS) is 15.8. The van der Waals surface area contributed by atoms with Gasteiger partial charge in [-0.05, 0) is 12.8 Å². The molecule has 12 N–H and O–H groups in total. The molecular weight excluding hydrogens is 434 g/mol. The molecule has 0 aromatic carbocycles. The summed E-state index contributed by atoms with van der Waals surface area (Å²) >= 11 is 0. The Balaban J connectivity index is 4.07. The molecule has 0 saturated heterocycles. The predicted octanol–water partition coefficient (Wildman–Crippen LogP) is -5.19. The summed E-state index contributed by atoms with van der Waals surface area (Å²) in [6, 6.07) is -1.06. The Morgan fingerprint density at radius 3 is 2.00 bits per heavy atom. The highest BCUT2D eigenvalue weighted by Crippen LogP contribution is 2.05. The van der Waals surface area contributed by atoms with Crippen molar-refractivity contribution in [3.05, 3.63) is 0 Å². The third-order valence-electron chi connectivity index (χ3n) is 4.32. The van der Waals surface area contributed by atoms with Crippen molar-refractivity contribution in [2.75, 3.05) is 26.2 Å². The number of nitrogens with two attached hydrogens (primary N) is 1. The van der Waals surface area contributed by atoms with Crippen LogP contribution >= 0.6 is 0 Å². The first-order chi connectivity index (χ1) is 15.0. The molecule has 2 amide bonds. The highest BCUT2D eigenvalue weighted by Gasteiger charge is 2.34. The first kappa shape index (κ1) is 29.6. The molecule has 15 nitrogen and oxygen atoms in total. The Morgan fingerprint density at radius 1 is 0.812 bits per heavy atom. The fraction of sp³-hybridized carbons (Fsp3) is 0.765. The first-order valence-electron chi connectivity index (χ1n) is 9.89. The summed E-state index contributed by atoms with van der Waals surface area (Å²) in [5.41, 5.74) is 2.38. The fourth-order valence-electron chi connectivity index (χ4n) is 2.47. The number of carbonyl (C=O) groups excluding carboxylic acids is 2. The maximum Gasteiger partial charge on any atom is 0.335 e. The topological polar surface area (TPSA) is 264 Å². The Labute approximate surface area is 183 Å². The van der Waals surface area contributed by atoms with Gasteiger partial charge in [-0.3, -0.25) is 20.9 Å². The van der Waals surface area contributed by atoms with Gasteiger partial charge in [-0.2, -0.15) is 0 Å². The summed E-state index contributed by atoms with van der Waals surface area (Å²) in [6.07, 6.45) is -7.45. The lowest BCUT2D eigenvalue weighted by Gasteiger charge is -2.24. The van der Waals surface area contributed by atoms with E-state index in [1.54, 1.807) is 0 Å². The monoisotopic (exact) mass is 467 g/mol. The Hall–Kier alpha value is -2.40. The number of aliphatic carboxylic acids is 2. The predicted molar refractivity (Wildman–Crippen MR) is 108 cm³/mol. The molecule has 186 valence electrons. The van der Waals surface area contributed by atoms with Crippen LogP contribution in [-0.4, -0.2) is 111 Å². The lowest BCUT2D eigenvalue weighted by molar-refractivity contribution is -0.162. The molecule has 32 heavy (non-hydrogen) atoms. The van der Waals surface area contributed by atoms with Gasteiger partial charge < -0.3 is 46.6 Å². The van der Waals surface area contributed by atoms with Crippen LogP contribution in [0.15, 0.2) is 0 Å². The number of rotatable bonds is 18. The van der Waals surface area contributed by atoms with Crippen molar-refractivity contribution in [2.45, 2.75) is 56.1 Å². The molecule has 0 fully saturated rings. The van der Waals surface area contributed by atoms with Gasteiger partial charge in [0.1, 0.15) is 18.2 Å². The van der Waals surface area contributed by atoms with Crippen LogP contribution in [0.3, 0.4) is 0 Å². The Morgan fingerprint density at radius 2 is 1.44 bits per heavy atom. The molecule has 0 heterocycles. The second-order valence-corrected chi connectivity index (χ2v) is 6.94. The standard InChI is InChI=1S/C17H33N5O10/c18-21-5-1-2-9(16(29)30)22-12(25)4-7-20-11(24)3-6-19-8-10(23)13(26)14(27)15(28)17(31)32/h9-10,13-15,19,21,23,26-28H,1-8,18H2,(H,20,24)(H,22,25)(H,29,30)(H,31,32)/t9-,10-,13+,14-,15+/m0/s1. The maximum absolute atomic E-state index is 11.8. The van der Waals surface area contributed by atoms with Crippen molar-refractivity contribution < 1.29 is 49.8 Å². The molecule has 0 aromatic rings. The summed E-state index contributed by atoms with van der Waals surface area (Å²) in [5.74, 6) is 1.18. The number of hydrogen-bond donors (Lipinski definition) is 11. The molecule has 0 aliphatic rings. The van der Waals surface area contributed by atoms with Gasteiger partial charge in [-0.15, -0.1) is 0 Å².